The zero-order chi connectivity index (χ0) is 35.3. The minimum absolute atomic E-state index is 0.0836. The van der Waals surface area contributed by atoms with Crippen molar-refractivity contribution in [3.63, 3.8) is 0 Å². The number of carbonyl (C=O) groups excluding carboxylic acids is 4. The number of ether oxygens (including phenoxy) is 1. The van der Waals surface area contributed by atoms with Crippen molar-refractivity contribution in [2.75, 3.05) is 20.1 Å². The summed E-state index contributed by atoms with van der Waals surface area (Å²) in [6, 6.07) is 7.80. The summed E-state index contributed by atoms with van der Waals surface area (Å²) < 4.78 is 5.91. The van der Waals surface area contributed by atoms with E-state index in [1.165, 1.54) is 34.6 Å². The van der Waals surface area contributed by atoms with Crippen molar-refractivity contribution in [3.8, 4) is 0 Å². The van der Waals surface area contributed by atoms with Crippen molar-refractivity contribution in [3.05, 3.63) is 54.1 Å². The Morgan fingerprint density at radius 1 is 1.00 bits per heavy atom. The summed E-state index contributed by atoms with van der Waals surface area (Å²) in [7, 11) is 1.54. The van der Waals surface area contributed by atoms with Crippen LogP contribution in [0, 0.1) is 11.8 Å². The maximum atomic E-state index is 14.4. The molecule has 1 aliphatic heterocycles. The van der Waals surface area contributed by atoms with Crippen LogP contribution in [0.4, 0.5) is 4.79 Å². The maximum Gasteiger partial charge on any atom is 0.429 e. The van der Waals surface area contributed by atoms with E-state index in [9.17, 15) is 24.3 Å². The molecule has 2 heterocycles. The predicted octanol–water partition coefficient (Wildman–Crippen LogP) is 4.64. The summed E-state index contributed by atoms with van der Waals surface area (Å²) >= 11 is 0. The van der Waals surface area contributed by atoms with Crippen LogP contribution in [-0.2, 0) is 32.0 Å². The molecular weight excluding hydrogens is 624 g/mol. The molecule has 0 radical (unpaired) electrons. The number of hydrazine groups is 1. The summed E-state index contributed by atoms with van der Waals surface area (Å²) in [4.78, 5) is 63.0. The normalized spacial score (nSPS) is 18.0. The molecule has 1 saturated carbocycles. The highest BCUT2D eigenvalue weighted by atomic mass is 16.6. The molecule has 2 fully saturated rings. The maximum absolute atomic E-state index is 14.4. The molecule has 4 amide bonds. The molecular formula is C37H56N6O6. The van der Waals surface area contributed by atoms with Crippen molar-refractivity contribution >= 4 is 23.8 Å². The van der Waals surface area contributed by atoms with Gasteiger partial charge in [-0.3, -0.25) is 14.4 Å². The number of aromatic nitrogens is 2. The lowest BCUT2D eigenvalue weighted by molar-refractivity contribution is -0.152. The highest BCUT2D eigenvalue weighted by Crippen LogP contribution is 2.29. The number of amides is 4. The van der Waals surface area contributed by atoms with Crippen molar-refractivity contribution in [2.45, 2.75) is 122 Å². The van der Waals surface area contributed by atoms with Crippen LogP contribution < -0.4 is 5.32 Å². The van der Waals surface area contributed by atoms with Crippen LogP contribution in [-0.4, -0.2) is 98.2 Å². The number of aromatic amines is 1. The third kappa shape index (κ3) is 11.3. The number of nitrogens with one attached hydrogen (secondary N) is 2. The Bertz CT molecular complexity index is 1330. The van der Waals surface area contributed by atoms with Crippen LogP contribution in [0.15, 0.2) is 42.9 Å². The molecule has 1 aromatic heterocycles. The molecule has 2 aromatic rings. The van der Waals surface area contributed by atoms with Crippen LogP contribution in [0.1, 0.15) is 96.2 Å². The van der Waals surface area contributed by atoms with Gasteiger partial charge in [-0.1, -0.05) is 76.3 Å². The number of imidazole rings is 1. The largest absolute Gasteiger partial charge is 0.434 e. The third-order valence-corrected chi connectivity index (χ3v) is 9.87. The molecule has 3 N–H and O–H groups in total. The van der Waals surface area contributed by atoms with Crippen LogP contribution >= 0.6 is 0 Å². The second kappa shape index (κ2) is 18.7. The number of aliphatic hydroxyl groups is 1. The summed E-state index contributed by atoms with van der Waals surface area (Å²) in [5.74, 6) is -0.397. The summed E-state index contributed by atoms with van der Waals surface area (Å²) in [5.41, 5.74) is 1.44. The Balaban J connectivity index is 1.59. The molecule has 2 aliphatic rings. The van der Waals surface area contributed by atoms with Crippen molar-refractivity contribution in [2.24, 2.45) is 11.8 Å². The van der Waals surface area contributed by atoms with Gasteiger partial charge in [0.05, 0.1) is 18.5 Å². The van der Waals surface area contributed by atoms with Gasteiger partial charge < -0.3 is 25.0 Å². The van der Waals surface area contributed by atoms with E-state index < -0.39 is 42.2 Å². The monoisotopic (exact) mass is 680 g/mol. The number of hydrogen-bond acceptors (Lipinski definition) is 7. The van der Waals surface area contributed by atoms with Crippen LogP contribution in [0.2, 0.25) is 0 Å². The lowest BCUT2D eigenvalue weighted by Gasteiger charge is -2.38. The molecule has 12 heteroatoms. The Morgan fingerprint density at radius 2 is 1.69 bits per heavy atom. The van der Waals surface area contributed by atoms with Crippen LogP contribution in [0.25, 0.3) is 0 Å². The van der Waals surface area contributed by atoms with E-state index in [2.05, 4.69) is 29.1 Å². The van der Waals surface area contributed by atoms with Gasteiger partial charge in [0.2, 0.25) is 11.8 Å². The molecule has 3 unspecified atom stereocenters. The first-order chi connectivity index (χ1) is 23.5. The minimum Gasteiger partial charge on any atom is -0.434 e. The fraction of sp³-hybridized carbons (Fsp3) is 0.649. The molecule has 4 atom stereocenters. The number of aliphatic hydroxyl groups excluding tert-OH is 1. The van der Waals surface area contributed by atoms with Crippen molar-refractivity contribution in [1.82, 2.24) is 30.2 Å². The molecule has 4 rings (SSSR count). The number of likely N-dealkylation sites (N-methyl/N-ethyl adjacent to an activating group) is 1. The van der Waals surface area contributed by atoms with Gasteiger partial charge in [0, 0.05) is 51.8 Å². The van der Waals surface area contributed by atoms with Crippen molar-refractivity contribution in [1.29, 1.82) is 0 Å². The van der Waals surface area contributed by atoms with E-state index in [0.29, 0.717) is 49.9 Å². The van der Waals surface area contributed by atoms with Gasteiger partial charge in [-0.15, -0.1) is 0 Å². The Kier molecular flexibility index (Phi) is 14.5. The van der Waals surface area contributed by atoms with Gasteiger partial charge in [0.15, 0.2) is 6.10 Å². The SMILES string of the molecule is CC(=O)N1CCCCN1C(=O)OC(Cc1ccccc1)C(=O)N(C)[C@@H](Cc1cnc[nH]1)C(=O)NC(CC1CCCCC1)C(O)CCC(C)C. The zero-order valence-corrected chi connectivity index (χ0v) is 29.7. The fourth-order valence-electron chi connectivity index (χ4n) is 6.94. The van der Waals surface area contributed by atoms with Gasteiger partial charge in [-0.2, -0.15) is 0 Å². The average molecular weight is 681 g/mol. The third-order valence-electron chi connectivity index (χ3n) is 9.87. The van der Waals surface area contributed by atoms with Gasteiger partial charge in [-0.25, -0.2) is 19.8 Å². The topological polar surface area (TPSA) is 148 Å². The number of hydrogen-bond donors (Lipinski definition) is 3. The minimum atomic E-state index is -1.26. The fourth-order valence-corrected chi connectivity index (χ4v) is 6.94. The molecule has 270 valence electrons. The lowest BCUT2D eigenvalue weighted by Crippen LogP contribution is -2.57. The number of carbonyl (C=O) groups is 4. The van der Waals surface area contributed by atoms with Gasteiger partial charge in [0.25, 0.3) is 5.91 Å². The van der Waals surface area contributed by atoms with Crippen molar-refractivity contribution < 1.29 is 29.0 Å². The number of H-pyrrole nitrogens is 1. The molecule has 12 nitrogen and oxygen atoms in total. The van der Waals surface area contributed by atoms with E-state index in [0.717, 1.165) is 44.1 Å². The Morgan fingerprint density at radius 3 is 2.33 bits per heavy atom. The smallest absolute Gasteiger partial charge is 0.429 e. The molecule has 1 saturated heterocycles. The van der Waals surface area contributed by atoms with E-state index in [4.69, 9.17) is 4.74 Å². The Labute approximate surface area is 290 Å². The van der Waals surface area contributed by atoms with Gasteiger partial charge in [0.1, 0.15) is 6.04 Å². The lowest BCUT2D eigenvalue weighted by atomic mass is 9.83. The number of nitrogens with zero attached hydrogens (tertiary/aromatic N) is 4. The summed E-state index contributed by atoms with van der Waals surface area (Å²) in [6.07, 6.45) is 9.79. The zero-order valence-electron chi connectivity index (χ0n) is 29.7. The standard InChI is InChI=1S/C37H56N6O6/c1-26(2)17-18-33(45)31(21-28-13-7-5-8-14-28)40-35(46)32(23-30-24-38-25-39-30)41(4)36(47)34(22-29-15-9-6-10-16-29)49-37(48)43-20-12-11-19-42(43)27(3)44/h6,9-10,15-16,24-26,28,31-34,45H,5,7-8,11-14,17-23H2,1-4H3,(H,38,39)(H,40,46)/t31?,32-,33?,34?/m0/s1. The highest BCUT2D eigenvalue weighted by Gasteiger charge is 2.38. The van der Waals surface area contributed by atoms with E-state index in [1.807, 2.05) is 30.3 Å². The molecule has 0 spiro atoms. The van der Waals surface area contributed by atoms with Crippen LogP contribution in [0.5, 0.6) is 0 Å². The quantitative estimate of drug-likeness (QED) is 0.248. The second-order valence-electron chi connectivity index (χ2n) is 14.2. The Hall–Kier alpha value is -3.93. The van der Waals surface area contributed by atoms with E-state index in [1.54, 1.807) is 13.2 Å². The van der Waals surface area contributed by atoms with E-state index in [-0.39, 0.29) is 18.7 Å². The summed E-state index contributed by atoms with van der Waals surface area (Å²) in [6.45, 7) is 6.31. The predicted molar refractivity (Wildman–Crippen MR) is 186 cm³/mol. The van der Waals surface area contributed by atoms with E-state index >= 15 is 0 Å². The average Bonchev–Trinajstić information content (AvgIpc) is 3.62. The number of benzene rings is 1. The first-order valence-corrected chi connectivity index (χ1v) is 18.1. The number of rotatable bonds is 15. The molecule has 49 heavy (non-hydrogen) atoms. The second-order valence-corrected chi connectivity index (χ2v) is 14.2. The first kappa shape index (κ1) is 37.9. The molecule has 1 aromatic carbocycles. The molecule has 0 bridgehead atoms. The molecule has 1 aliphatic carbocycles. The highest BCUT2D eigenvalue weighted by molar-refractivity contribution is 5.91. The van der Waals surface area contributed by atoms with Gasteiger partial charge in [-0.05, 0) is 49.5 Å². The first-order valence-electron chi connectivity index (χ1n) is 18.1. The van der Waals surface area contributed by atoms with Crippen LogP contribution in [0.3, 0.4) is 0 Å². The van der Waals surface area contributed by atoms with Gasteiger partial charge >= 0.3 is 6.09 Å². The summed E-state index contributed by atoms with van der Waals surface area (Å²) in [5, 5.41) is 17.1.